The predicted octanol–water partition coefficient (Wildman–Crippen LogP) is 3.13. The van der Waals surface area contributed by atoms with Crippen LogP contribution >= 0.6 is 0 Å². The maximum atomic E-state index is 13.9. The Balaban J connectivity index is 1.78. The van der Waals surface area contributed by atoms with Gasteiger partial charge in [0.2, 0.25) is 0 Å². The van der Waals surface area contributed by atoms with Gasteiger partial charge in [-0.25, -0.2) is 14.4 Å². The number of aromatic nitrogens is 3. The first-order valence-electron chi connectivity index (χ1n) is 7.97. The molecule has 3 heterocycles. The van der Waals surface area contributed by atoms with Crippen LogP contribution in [0.15, 0.2) is 36.8 Å². The third-order valence-corrected chi connectivity index (χ3v) is 4.44. The summed E-state index contributed by atoms with van der Waals surface area (Å²) >= 11 is 0. The fourth-order valence-corrected chi connectivity index (χ4v) is 3.18. The van der Waals surface area contributed by atoms with E-state index in [0.717, 1.165) is 12.1 Å². The molecule has 0 radical (unpaired) electrons. The average molecular weight is 366 g/mol. The number of nitrogens with zero attached hydrogens (tertiary/aromatic N) is 4. The Morgan fingerprint density at radius 3 is 2.65 bits per heavy atom. The van der Waals surface area contributed by atoms with Crippen molar-refractivity contribution in [1.29, 1.82) is 0 Å². The first-order valence-corrected chi connectivity index (χ1v) is 7.97. The number of alkyl halides is 3. The van der Waals surface area contributed by atoms with Gasteiger partial charge in [0.15, 0.2) is 11.5 Å². The Labute approximate surface area is 145 Å². The molecule has 1 saturated heterocycles. The first-order chi connectivity index (χ1) is 12.3. The molecule has 1 atom stereocenters. The summed E-state index contributed by atoms with van der Waals surface area (Å²) in [5, 5.41) is 9.71. The molecule has 1 aliphatic rings. The quantitative estimate of drug-likeness (QED) is 0.708. The number of aliphatic hydroxyl groups excluding tert-OH is 1. The molecular weight excluding hydrogens is 352 g/mol. The number of aliphatic hydroxyl groups is 1. The number of benzene rings is 1. The van der Waals surface area contributed by atoms with Gasteiger partial charge in [-0.05, 0) is 18.6 Å². The highest BCUT2D eigenvalue weighted by molar-refractivity contribution is 5.71. The lowest BCUT2D eigenvalue weighted by Gasteiger charge is -2.17. The van der Waals surface area contributed by atoms with Crippen LogP contribution in [-0.2, 0) is 6.18 Å². The zero-order valence-corrected chi connectivity index (χ0v) is 13.4. The van der Waals surface area contributed by atoms with Gasteiger partial charge in [0, 0.05) is 31.0 Å². The Morgan fingerprint density at radius 1 is 1.19 bits per heavy atom. The van der Waals surface area contributed by atoms with E-state index >= 15 is 0 Å². The molecule has 9 heteroatoms. The van der Waals surface area contributed by atoms with E-state index in [9.17, 15) is 22.7 Å². The second kappa shape index (κ2) is 5.94. The molecule has 136 valence electrons. The predicted molar refractivity (Wildman–Crippen MR) is 86.2 cm³/mol. The summed E-state index contributed by atoms with van der Waals surface area (Å²) in [6.07, 6.45) is 0.0724. The molecule has 1 aliphatic heterocycles. The fourth-order valence-electron chi connectivity index (χ4n) is 3.18. The molecule has 0 bridgehead atoms. The fraction of sp³-hybridized carbons (Fsp3) is 0.294. The van der Waals surface area contributed by atoms with E-state index in [-0.39, 0.29) is 5.56 Å². The minimum absolute atomic E-state index is 0.279. The van der Waals surface area contributed by atoms with Crippen LogP contribution in [0.25, 0.3) is 16.9 Å². The van der Waals surface area contributed by atoms with Crippen molar-refractivity contribution in [3.05, 3.63) is 48.2 Å². The standard InChI is InChI=1S/C17H14F4N4O/c18-13-7-10(1-2-12(13)17(19,20)21)14-8-23-16-15(22-4-6-25(14)16)24-5-3-11(26)9-24/h1-2,4,6-8,11,26H,3,5,9H2. The summed E-state index contributed by atoms with van der Waals surface area (Å²) in [6.45, 7) is 1.06. The van der Waals surface area contributed by atoms with Crippen molar-refractivity contribution in [2.24, 2.45) is 0 Å². The van der Waals surface area contributed by atoms with Crippen molar-refractivity contribution in [1.82, 2.24) is 14.4 Å². The van der Waals surface area contributed by atoms with Gasteiger partial charge in [0.25, 0.3) is 0 Å². The van der Waals surface area contributed by atoms with Gasteiger partial charge in [-0.1, -0.05) is 6.07 Å². The third-order valence-electron chi connectivity index (χ3n) is 4.44. The van der Waals surface area contributed by atoms with Crippen molar-refractivity contribution in [3.8, 4) is 11.3 Å². The molecular formula is C17H14F4N4O. The number of β-amino-alcohol motifs (C(OH)–C–C–N with tert-alkyl or cyclic N) is 1. The van der Waals surface area contributed by atoms with Gasteiger partial charge in [0.05, 0.1) is 23.6 Å². The molecule has 0 spiro atoms. The topological polar surface area (TPSA) is 53.7 Å². The van der Waals surface area contributed by atoms with Gasteiger partial charge in [-0.2, -0.15) is 13.2 Å². The van der Waals surface area contributed by atoms with Crippen LogP contribution in [0.4, 0.5) is 23.4 Å². The number of rotatable bonds is 2. The number of halogens is 4. The lowest BCUT2D eigenvalue weighted by atomic mass is 10.1. The number of imidazole rings is 1. The van der Waals surface area contributed by atoms with Crippen molar-refractivity contribution in [2.75, 3.05) is 18.0 Å². The van der Waals surface area contributed by atoms with Crippen LogP contribution < -0.4 is 4.90 Å². The number of hydrogen-bond donors (Lipinski definition) is 1. The molecule has 1 N–H and O–H groups in total. The minimum atomic E-state index is -4.74. The zero-order chi connectivity index (χ0) is 18.5. The average Bonchev–Trinajstić information content (AvgIpc) is 3.19. The molecule has 4 rings (SSSR count). The Hall–Kier alpha value is -2.68. The van der Waals surface area contributed by atoms with E-state index in [2.05, 4.69) is 9.97 Å². The van der Waals surface area contributed by atoms with Gasteiger partial charge in [-0.3, -0.25) is 4.40 Å². The van der Waals surface area contributed by atoms with Crippen LogP contribution in [-0.4, -0.2) is 38.7 Å². The Morgan fingerprint density at radius 2 is 2.00 bits per heavy atom. The van der Waals surface area contributed by atoms with Crippen LogP contribution in [0.1, 0.15) is 12.0 Å². The van der Waals surface area contributed by atoms with Crippen LogP contribution in [0.2, 0.25) is 0 Å². The second-order valence-electron chi connectivity index (χ2n) is 6.17. The molecule has 2 aromatic heterocycles. The molecule has 1 fully saturated rings. The van der Waals surface area contributed by atoms with Crippen LogP contribution in [0, 0.1) is 5.82 Å². The van der Waals surface area contributed by atoms with E-state index in [1.54, 1.807) is 16.8 Å². The number of fused-ring (bicyclic) bond motifs is 1. The normalized spacial score (nSPS) is 18.0. The van der Waals surface area contributed by atoms with Gasteiger partial charge in [-0.15, -0.1) is 0 Å². The summed E-state index contributed by atoms with van der Waals surface area (Å²) in [5.74, 6) is -0.760. The summed E-state index contributed by atoms with van der Waals surface area (Å²) in [4.78, 5) is 10.5. The summed E-state index contributed by atoms with van der Waals surface area (Å²) in [6, 6.07) is 2.80. The lowest BCUT2D eigenvalue weighted by Crippen LogP contribution is -2.23. The molecule has 3 aromatic rings. The molecule has 5 nitrogen and oxygen atoms in total. The van der Waals surface area contributed by atoms with Gasteiger partial charge < -0.3 is 10.0 Å². The van der Waals surface area contributed by atoms with E-state index in [4.69, 9.17) is 0 Å². The molecule has 26 heavy (non-hydrogen) atoms. The molecule has 1 unspecified atom stereocenters. The first kappa shape index (κ1) is 16.8. The minimum Gasteiger partial charge on any atom is -0.391 e. The highest BCUT2D eigenvalue weighted by Gasteiger charge is 2.34. The molecule has 0 saturated carbocycles. The van der Waals surface area contributed by atoms with Crippen molar-refractivity contribution < 1.29 is 22.7 Å². The monoisotopic (exact) mass is 366 g/mol. The highest BCUT2D eigenvalue weighted by atomic mass is 19.4. The largest absolute Gasteiger partial charge is 0.419 e. The highest BCUT2D eigenvalue weighted by Crippen LogP contribution is 2.34. The number of anilines is 1. The molecule has 0 amide bonds. The lowest BCUT2D eigenvalue weighted by molar-refractivity contribution is -0.139. The SMILES string of the molecule is OC1CCN(c2nccn3c(-c4ccc(C(F)(F)F)c(F)c4)cnc23)C1. The van der Waals surface area contributed by atoms with Crippen molar-refractivity contribution >= 4 is 11.5 Å². The van der Waals surface area contributed by atoms with Crippen LogP contribution in [0.3, 0.4) is 0 Å². The van der Waals surface area contributed by atoms with Gasteiger partial charge in [0.1, 0.15) is 5.82 Å². The second-order valence-corrected chi connectivity index (χ2v) is 6.17. The maximum Gasteiger partial charge on any atom is 0.419 e. The smallest absolute Gasteiger partial charge is 0.391 e. The van der Waals surface area contributed by atoms with Gasteiger partial charge >= 0.3 is 6.18 Å². The van der Waals surface area contributed by atoms with E-state index in [0.29, 0.717) is 36.7 Å². The summed E-state index contributed by atoms with van der Waals surface area (Å²) in [5.41, 5.74) is -0.0713. The van der Waals surface area contributed by atoms with Crippen LogP contribution in [0.5, 0.6) is 0 Å². The third kappa shape index (κ3) is 2.78. The molecule has 1 aromatic carbocycles. The number of hydrogen-bond acceptors (Lipinski definition) is 4. The maximum absolute atomic E-state index is 13.9. The summed E-state index contributed by atoms with van der Waals surface area (Å²) < 4.78 is 53.8. The Bertz CT molecular complexity index is 969. The summed E-state index contributed by atoms with van der Waals surface area (Å²) in [7, 11) is 0. The van der Waals surface area contributed by atoms with Crippen molar-refractivity contribution in [3.63, 3.8) is 0 Å². The van der Waals surface area contributed by atoms with Crippen molar-refractivity contribution in [2.45, 2.75) is 18.7 Å². The van der Waals surface area contributed by atoms with E-state index in [1.807, 2.05) is 4.90 Å². The van der Waals surface area contributed by atoms with E-state index < -0.39 is 23.7 Å². The Kier molecular flexibility index (Phi) is 3.83. The van der Waals surface area contributed by atoms with E-state index in [1.165, 1.54) is 12.3 Å². The molecule has 0 aliphatic carbocycles. The zero-order valence-electron chi connectivity index (χ0n) is 13.4.